The fourth-order valence-corrected chi connectivity index (χ4v) is 3.07. The zero-order valence-electron chi connectivity index (χ0n) is 13.3. The summed E-state index contributed by atoms with van der Waals surface area (Å²) in [6.45, 7) is 2.03. The third-order valence-electron chi connectivity index (χ3n) is 4.21. The van der Waals surface area contributed by atoms with E-state index >= 15 is 0 Å². The van der Waals surface area contributed by atoms with Crippen LogP contribution >= 0.6 is 11.6 Å². The van der Waals surface area contributed by atoms with Crippen molar-refractivity contribution in [3.8, 4) is 0 Å². The third kappa shape index (κ3) is 4.55. The Morgan fingerprint density at radius 3 is 2.70 bits per heavy atom. The summed E-state index contributed by atoms with van der Waals surface area (Å²) in [5, 5.41) is 15.5. The maximum absolute atomic E-state index is 6.06. The summed E-state index contributed by atoms with van der Waals surface area (Å²) in [4.78, 5) is 4.52. The Hall–Kier alpha value is -1.88. The molecule has 6 heteroatoms. The van der Waals surface area contributed by atoms with Crippen molar-refractivity contribution >= 4 is 29.1 Å². The van der Waals surface area contributed by atoms with Gasteiger partial charge in [0, 0.05) is 16.8 Å². The SMILES string of the molecule is Cc1ccc(Cl)cc1Nc1cnnc(NC2CCCCCC2)n1. The molecule has 1 aliphatic carbocycles. The Morgan fingerprint density at radius 1 is 1.13 bits per heavy atom. The van der Waals surface area contributed by atoms with Crippen LogP contribution in [-0.4, -0.2) is 21.2 Å². The minimum absolute atomic E-state index is 0.447. The van der Waals surface area contributed by atoms with Crippen LogP contribution in [0.1, 0.15) is 44.1 Å². The largest absolute Gasteiger partial charge is 0.350 e. The van der Waals surface area contributed by atoms with Crippen molar-refractivity contribution in [3.63, 3.8) is 0 Å². The number of hydrogen-bond donors (Lipinski definition) is 2. The second-order valence-corrected chi connectivity index (χ2v) is 6.52. The van der Waals surface area contributed by atoms with E-state index in [0.717, 1.165) is 11.3 Å². The number of halogens is 1. The summed E-state index contributed by atoms with van der Waals surface area (Å²) in [6.07, 6.45) is 9.16. The molecule has 0 aliphatic heterocycles. The topological polar surface area (TPSA) is 62.7 Å². The van der Waals surface area contributed by atoms with Gasteiger partial charge in [0.1, 0.15) is 0 Å². The lowest BCUT2D eigenvalue weighted by molar-refractivity contribution is 0.613. The molecule has 0 amide bonds. The van der Waals surface area contributed by atoms with Crippen molar-refractivity contribution in [2.45, 2.75) is 51.5 Å². The first kappa shape index (κ1) is 16.0. The fourth-order valence-electron chi connectivity index (χ4n) is 2.90. The molecule has 2 aromatic rings. The summed E-state index contributed by atoms with van der Waals surface area (Å²) in [5.41, 5.74) is 2.03. The van der Waals surface area contributed by atoms with E-state index in [-0.39, 0.29) is 0 Å². The Morgan fingerprint density at radius 2 is 1.91 bits per heavy atom. The molecular weight excluding hydrogens is 310 g/mol. The highest BCUT2D eigenvalue weighted by molar-refractivity contribution is 6.30. The summed E-state index contributed by atoms with van der Waals surface area (Å²) in [7, 11) is 0. The molecule has 1 saturated carbocycles. The number of aryl methyl sites for hydroxylation is 1. The fraction of sp³-hybridized carbons (Fsp3) is 0.471. The molecule has 1 aromatic heterocycles. The van der Waals surface area contributed by atoms with Crippen LogP contribution in [0.3, 0.4) is 0 Å². The predicted octanol–water partition coefficient (Wildman–Crippen LogP) is 4.71. The molecule has 0 unspecified atom stereocenters. The maximum atomic E-state index is 6.06. The summed E-state index contributed by atoms with van der Waals surface area (Å²) < 4.78 is 0. The number of hydrogen-bond acceptors (Lipinski definition) is 5. The number of benzene rings is 1. The van der Waals surface area contributed by atoms with Crippen molar-refractivity contribution in [2.75, 3.05) is 10.6 Å². The molecule has 0 saturated heterocycles. The molecule has 3 rings (SSSR count). The first-order valence-electron chi connectivity index (χ1n) is 8.20. The average Bonchev–Trinajstić information content (AvgIpc) is 2.80. The van der Waals surface area contributed by atoms with Crippen LogP contribution < -0.4 is 10.6 Å². The molecule has 1 fully saturated rings. The minimum Gasteiger partial charge on any atom is -0.350 e. The molecular formula is C17H22ClN5. The molecule has 5 nitrogen and oxygen atoms in total. The Labute approximate surface area is 141 Å². The van der Waals surface area contributed by atoms with Crippen LogP contribution in [0.4, 0.5) is 17.5 Å². The van der Waals surface area contributed by atoms with Crippen LogP contribution in [0.25, 0.3) is 0 Å². The van der Waals surface area contributed by atoms with E-state index in [1.165, 1.54) is 38.5 Å². The van der Waals surface area contributed by atoms with E-state index in [9.17, 15) is 0 Å². The van der Waals surface area contributed by atoms with Gasteiger partial charge < -0.3 is 10.6 Å². The Balaban J connectivity index is 1.70. The van der Waals surface area contributed by atoms with Gasteiger partial charge in [0.25, 0.3) is 0 Å². The number of rotatable bonds is 4. The van der Waals surface area contributed by atoms with E-state index < -0.39 is 0 Å². The second kappa shape index (κ2) is 7.59. The van der Waals surface area contributed by atoms with Crippen LogP contribution in [0, 0.1) is 6.92 Å². The van der Waals surface area contributed by atoms with Gasteiger partial charge in [-0.05, 0) is 37.5 Å². The molecule has 0 radical (unpaired) electrons. The first-order chi connectivity index (χ1) is 11.2. The van der Waals surface area contributed by atoms with E-state index in [2.05, 4.69) is 25.8 Å². The number of nitrogens with one attached hydrogen (secondary N) is 2. The van der Waals surface area contributed by atoms with Gasteiger partial charge in [-0.2, -0.15) is 10.1 Å². The van der Waals surface area contributed by atoms with Crippen LogP contribution in [0.5, 0.6) is 0 Å². The van der Waals surface area contributed by atoms with E-state index in [0.29, 0.717) is 22.8 Å². The monoisotopic (exact) mass is 331 g/mol. The van der Waals surface area contributed by atoms with E-state index in [1.807, 2.05) is 25.1 Å². The zero-order valence-corrected chi connectivity index (χ0v) is 14.1. The number of nitrogens with zero attached hydrogens (tertiary/aromatic N) is 3. The van der Waals surface area contributed by atoms with Crippen LogP contribution in [0.2, 0.25) is 5.02 Å². The minimum atomic E-state index is 0.447. The lowest BCUT2D eigenvalue weighted by Crippen LogP contribution is -2.20. The summed E-state index contributed by atoms with van der Waals surface area (Å²) in [6, 6.07) is 6.18. The van der Waals surface area contributed by atoms with Gasteiger partial charge in [-0.15, -0.1) is 5.10 Å². The Kier molecular flexibility index (Phi) is 5.28. The molecule has 1 heterocycles. The predicted molar refractivity (Wildman–Crippen MR) is 94.4 cm³/mol. The highest BCUT2D eigenvalue weighted by Gasteiger charge is 2.13. The molecule has 23 heavy (non-hydrogen) atoms. The first-order valence-corrected chi connectivity index (χ1v) is 8.58. The van der Waals surface area contributed by atoms with Gasteiger partial charge in [-0.1, -0.05) is 43.4 Å². The van der Waals surface area contributed by atoms with Gasteiger partial charge >= 0.3 is 0 Å². The van der Waals surface area contributed by atoms with Crippen LogP contribution in [0.15, 0.2) is 24.4 Å². The van der Waals surface area contributed by atoms with Crippen molar-refractivity contribution in [2.24, 2.45) is 0 Å². The van der Waals surface area contributed by atoms with E-state index in [4.69, 9.17) is 11.6 Å². The smallest absolute Gasteiger partial charge is 0.244 e. The zero-order chi connectivity index (χ0) is 16.1. The quantitative estimate of drug-likeness (QED) is 0.794. The standard InChI is InChI=1S/C17H22ClN5/c1-12-8-9-13(18)10-15(12)21-16-11-19-23-17(22-16)20-14-6-4-2-3-5-7-14/h8-11,14H,2-7H2,1H3,(H2,20,21,22,23). The van der Waals surface area contributed by atoms with E-state index in [1.54, 1.807) is 6.20 Å². The molecule has 0 spiro atoms. The lowest BCUT2D eigenvalue weighted by Gasteiger charge is -2.16. The lowest BCUT2D eigenvalue weighted by atomic mass is 10.1. The third-order valence-corrected chi connectivity index (χ3v) is 4.44. The molecule has 2 N–H and O–H groups in total. The molecule has 0 bridgehead atoms. The molecule has 1 aliphatic rings. The van der Waals surface area contributed by atoms with Gasteiger partial charge in [0.2, 0.25) is 5.95 Å². The average molecular weight is 332 g/mol. The van der Waals surface area contributed by atoms with Crippen molar-refractivity contribution in [1.29, 1.82) is 0 Å². The van der Waals surface area contributed by atoms with Crippen molar-refractivity contribution in [1.82, 2.24) is 15.2 Å². The molecule has 1 aromatic carbocycles. The van der Waals surface area contributed by atoms with Gasteiger partial charge in [-0.25, -0.2) is 0 Å². The van der Waals surface area contributed by atoms with Crippen molar-refractivity contribution < 1.29 is 0 Å². The summed E-state index contributed by atoms with van der Waals surface area (Å²) in [5.74, 6) is 1.25. The summed E-state index contributed by atoms with van der Waals surface area (Å²) >= 11 is 6.06. The number of anilines is 3. The maximum Gasteiger partial charge on any atom is 0.244 e. The highest BCUT2D eigenvalue weighted by Crippen LogP contribution is 2.24. The normalized spacial score (nSPS) is 15.9. The second-order valence-electron chi connectivity index (χ2n) is 6.08. The molecule has 0 atom stereocenters. The number of aromatic nitrogens is 3. The molecule has 122 valence electrons. The van der Waals surface area contributed by atoms with Crippen LogP contribution in [-0.2, 0) is 0 Å². The van der Waals surface area contributed by atoms with Gasteiger partial charge in [-0.3, -0.25) is 0 Å². The highest BCUT2D eigenvalue weighted by atomic mass is 35.5. The van der Waals surface area contributed by atoms with Gasteiger partial charge in [0.15, 0.2) is 5.82 Å². The van der Waals surface area contributed by atoms with Crippen molar-refractivity contribution in [3.05, 3.63) is 35.0 Å². The Bertz CT molecular complexity index is 653. The van der Waals surface area contributed by atoms with Gasteiger partial charge in [0.05, 0.1) is 6.20 Å².